The highest BCUT2D eigenvalue weighted by Gasteiger charge is 2.26. The fourth-order valence-corrected chi connectivity index (χ4v) is 4.89. The lowest BCUT2D eigenvalue weighted by atomic mass is 10.0. The predicted octanol–water partition coefficient (Wildman–Crippen LogP) is 3.12. The van der Waals surface area contributed by atoms with Crippen LogP contribution in [0.25, 0.3) is 21.6 Å². The van der Waals surface area contributed by atoms with Gasteiger partial charge in [0, 0.05) is 19.1 Å². The second kappa shape index (κ2) is 8.37. The van der Waals surface area contributed by atoms with E-state index in [4.69, 9.17) is 11.5 Å². The molecule has 6 N–H and O–H groups in total. The molecule has 4 heterocycles. The van der Waals surface area contributed by atoms with E-state index in [2.05, 4.69) is 30.4 Å². The third-order valence-corrected chi connectivity index (χ3v) is 6.42. The molecule has 1 fully saturated rings. The first-order valence-electron chi connectivity index (χ1n) is 10.3. The number of aromatic amines is 1. The maximum absolute atomic E-state index is 14.2. The number of fused-ring (bicyclic) bond motifs is 1. The van der Waals surface area contributed by atoms with Crippen LogP contribution in [-0.2, 0) is 0 Å². The highest BCUT2D eigenvalue weighted by Crippen LogP contribution is 2.36. The first kappa shape index (κ1) is 21.2. The topological polar surface area (TPSA) is 139 Å². The van der Waals surface area contributed by atoms with E-state index in [1.165, 1.54) is 12.3 Å². The van der Waals surface area contributed by atoms with E-state index in [1.807, 2.05) is 0 Å². The van der Waals surface area contributed by atoms with Gasteiger partial charge in [0.1, 0.15) is 21.6 Å². The van der Waals surface area contributed by atoms with Gasteiger partial charge < -0.3 is 21.7 Å². The molecule has 1 amide bonds. The van der Waals surface area contributed by atoms with Crippen molar-refractivity contribution in [1.82, 2.24) is 20.2 Å². The predicted molar refractivity (Wildman–Crippen MR) is 123 cm³/mol. The lowest BCUT2D eigenvalue weighted by Gasteiger charge is -2.34. The van der Waals surface area contributed by atoms with Crippen molar-refractivity contribution in [3.8, 4) is 10.6 Å². The van der Waals surface area contributed by atoms with Crippen LogP contribution in [0, 0.1) is 11.6 Å². The average Bonchev–Trinajstić information content (AvgIpc) is 3.40. The van der Waals surface area contributed by atoms with Crippen molar-refractivity contribution in [3.05, 3.63) is 47.9 Å². The number of nitrogen functional groups attached to an aromatic ring is 1. The maximum Gasteiger partial charge on any atom is 0.277 e. The molecule has 0 radical (unpaired) electrons. The quantitative estimate of drug-likeness (QED) is 0.359. The number of rotatable bonds is 4. The zero-order valence-electron chi connectivity index (χ0n) is 17.3. The number of hydrogen-bond donors (Lipinski definition) is 4. The second-order valence-corrected chi connectivity index (χ2v) is 8.81. The van der Waals surface area contributed by atoms with Gasteiger partial charge in [0.05, 0.1) is 34.7 Å². The van der Waals surface area contributed by atoms with Crippen LogP contribution in [0.4, 0.5) is 25.2 Å². The summed E-state index contributed by atoms with van der Waals surface area (Å²) in [5, 5.41) is 10.5. The van der Waals surface area contributed by atoms with Crippen LogP contribution in [0.5, 0.6) is 0 Å². The lowest BCUT2D eigenvalue weighted by Crippen LogP contribution is -2.43. The fourth-order valence-electron chi connectivity index (χ4n) is 4.02. The van der Waals surface area contributed by atoms with Gasteiger partial charge in [-0.3, -0.25) is 9.89 Å². The number of nitrogens with zero attached hydrogens (tertiary/aromatic N) is 4. The molecule has 1 aliphatic heterocycles. The first-order chi connectivity index (χ1) is 15.9. The third kappa shape index (κ3) is 3.87. The van der Waals surface area contributed by atoms with Crippen molar-refractivity contribution in [1.29, 1.82) is 0 Å². The molecule has 1 aromatic carbocycles. The van der Waals surface area contributed by atoms with Crippen molar-refractivity contribution < 1.29 is 13.6 Å². The monoisotopic (exact) mass is 470 g/mol. The molecule has 1 aliphatic rings. The fraction of sp³-hybridized carbons (Fsp3) is 0.238. The minimum absolute atomic E-state index is 0.00447. The molecule has 33 heavy (non-hydrogen) atoms. The Morgan fingerprint density at radius 3 is 2.82 bits per heavy atom. The number of pyridine rings is 1. The molecule has 5 rings (SSSR count). The van der Waals surface area contributed by atoms with Gasteiger partial charge in [-0.2, -0.15) is 5.10 Å². The number of carbonyl (C=O) groups excluding carboxylic acids is 1. The number of aromatic nitrogens is 4. The summed E-state index contributed by atoms with van der Waals surface area (Å²) >= 11 is 0.839. The van der Waals surface area contributed by atoms with Crippen LogP contribution in [0.1, 0.15) is 23.3 Å². The molecular formula is C21H20F2N8OS. The minimum Gasteiger partial charge on any atom is -0.389 e. The van der Waals surface area contributed by atoms with Crippen LogP contribution >= 0.6 is 11.3 Å². The average molecular weight is 471 g/mol. The number of nitrogens with two attached hydrogens (primary N) is 2. The highest BCUT2D eigenvalue weighted by molar-refractivity contribution is 7.19. The maximum atomic E-state index is 14.2. The second-order valence-electron chi connectivity index (χ2n) is 7.78. The summed E-state index contributed by atoms with van der Waals surface area (Å²) in [4.78, 5) is 23.6. The van der Waals surface area contributed by atoms with Gasteiger partial charge in [-0.05, 0) is 25.0 Å². The Kier molecular flexibility index (Phi) is 5.38. The molecule has 0 aliphatic carbocycles. The van der Waals surface area contributed by atoms with E-state index in [0.717, 1.165) is 53.9 Å². The molecular weight excluding hydrogens is 450 g/mol. The summed E-state index contributed by atoms with van der Waals surface area (Å²) in [6.07, 6.45) is 4.99. The van der Waals surface area contributed by atoms with E-state index < -0.39 is 17.5 Å². The molecule has 1 saturated heterocycles. The van der Waals surface area contributed by atoms with Crippen LogP contribution in [-0.4, -0.2) is 45.2 Å². The molecule has 170 valence electrons. The van der Waals surface area contributed by atoms with Gasteiger partial charge in [0.25, 0.3) is 5.91 Å². The summed E-state index contributed by atoms with van der Waals surface area (Å²) < 4.78 is 28.4. The van der Waals surface area contributed by atoms with Gasteiger partial charge >= 0.3 is 0 Å². The standard InChI is InChI=1S/C21H20F2N8OS/c22-12-4-1-5-13(23)15(12)21-29-16(18(25)33-21)20(32)28-14-8-26-19-11(7-27-30-19)17(14)31-6-2-3-10(24)9-31/h1,4-5,7-8,10H,2-3,6,9,24-25H2,(H,28,32)(H,26,27,30)/t10-/m0/s1. The number of nitrogens with one attached hydrogen (secondary N) is 2. The van der Waals surface area contributed by atoms with Crippen LogP contribution < -0.4 is 21.7 Å². The third-order valence-electron chi connectivity index (χ3n) is 5.52. The number of carbonyl (C=O) groups is 1. The number of hydrogen-bond acceptors (Lipinski definition) is 8. The summed E-state index contributed by atoms with van der Waals surface area (Å²) in [5.41, 5.74) is 13.5. The first-order valence-corrected chi connectivity index (χ1v) is 11.1. The summed E-state index contributed by atoms with van der Waals surface area (Å²) in [6.45, 7) is 1.37. The molecule has 0 spiro atoms. The zero-order valence-corrected chi connectivity index (χ0v) is 18.1. The number of anilines is 3. The number of piperidine rings is 1. The molecule has 0 unspecified atom stereocenters. The number of amides is 1. The van der Waals surface area contributed by atoms with Crippen molar-refractivity contribution in [2.45, 2.75) is 18.9 Å². The Hall–Kier alpha value is -3.64. The van der Waals surface area contributed by atoms with Crippen molar-refractivity contribution in [3.63, 3.8) is 0 Å². The number of thiazole rings is 1. The van der Waals surface area contributed by atoms with E-state index in [-0.39, 0.29) is 27.3 Å². The van der Waals surface area contributed by atoms with Crippen LogP contribution in [0.2, 0.25) is 0 Å². The molecule has 0 bridgehead atoms. The van der Waals surface area contributed by atoms with Gasteiger partial charge in [-0.25, -0.2) is 18.7 Å². The minimum atomic E-state index is -0.783. The van der Waals surface area contributed by atoms with E-state index in [0.29, 0.717) is 17.9 Å². The Morgan fingerprint density at radius 1 is 1.27 bits per heavy atom. The Balaban J connectivity index is 1.50. The zero-order chi connectivity index (χ0) is 23.1. The summed E-state index contributed by atoms with van der Waals surface area (Å²) in [7, 11) is 0. The van der Waals surface area contributed by atoms with Gasteiger partial charge in [-0.15, -0.1) is 0 Å². The van der Waals surface area contributed by atoms with Gasteiger partial charge in [0.2, 0.25) is 0 Å². The molecule has 12 heteroatoms. The van der Waals surface area contributed by atoms with E-state index in [9.17, 15) is 13.6 Å². The van der Waals surface area contributed by atoms with Crippen LogP contribution in [0.15, 0.2) is 30.6 Å². The van der Waals surface area contributed by atoms with Gasteiger partial charge in [0.15, 0.2) is 11.3 Å². The normalized spacial score (nSPS) is 16.3. The Labute approximate surface area is 190 Å². The molecule has 0 saturated carbocycles. The molecule has 1 atom stereocenters. The Bertz CT molecular complexity index is 1330. The smallest absolute Gasteiger partial charge is 0.277 e. The lowest BCUT2D eigenvalue weighted by molar-refractivity contribution is 0.102. The van der Waals surface area contributed by atoms with Crippen molar-refractivity contribution in [2.24, 2.45) is 5.73 Å². The summed E-state index contributed by atoms with van der Waals surface area (Å²) in [5.74, 6) is -2.18. The molecule has 4 aromatic rings. The molecule has 3 aromatic heterocycles. The number of benzene rings is 1. The highest BCUT2D eigenvalue weighted by atomic mass is 32.1. The van der Waals surface area contributed by atoms with Gasteiger partial charge in [-0.1, -0.05) is 17.4 Å². The Morgan fingerprint density at radius 2 is 2.06 bits per heavy atom. The largest absolute Gasteiger partial charge is 0.389 e. The SMILES string of the molecule is Nc1sc(-c2c(F)cccc2F)nc1C(=O)Nc1cnc2[nH]ncc2c1N1CCC[C@H](N)C1. The van der Waals surface area contributed by atoms with Crippen molar-refractivity contribution in [2.75, 3.05) is 29.0 Å². The van der Waals surface area contributed by atoms with Crippen LogP contribution in [0.3, 0.4) is 0 Å². The number of halogens is 2. The number of H-pyrrole nitrogens is 1. The van der Waals surface area contributed by atoms with Crippen molar-refractivity contribution >= 4 is 44.7 Å². The molecule has 9 nitrogen and oxygen atoms in total. The van der Waals surface area contributed by atoms with E-state index in [1.54, 1.807) is 6.20 Å². The van der Waals surface area contributed by atoms with E-state index >= 15 is 0 Å². The summed E-state index contributed by atoms with van der Waals surface area (Å²) in [6, 6.07) is 3.50.